The lowest BCUT2D eigenvalue weighted by Gasteiger charge is -2.38. The monoisotopic (exact) mass is 387 g/mol. The number of nitrogens with one attached hydrogen (secondary N) is 1. The molecule has 0 saturated carbocycles. The molecule has 2 amide bonds. The van der Waals surface area contributed by atoms with Crippen LogP contribution in [0, 0.1) is 6.92 Å². The molecule has 0 radical (unpaired) electrons. The summed E-state index contributed by atoms with van der Waals surface area (Å²) in [5.74, 6) is 0.780. The van der Waals surface area contributed by atoms with Gasteiger partial charge in [0.2, 0.25) is 0 Å². The van der Waals surface area contributed by atoms with Crippen LogP contribution in [-0.4, -0.2) is 26.2 Å². The molecule has 0 saturated heterocycles. The van der Waals surface area contributed by atoms with Crippen molar-refractivity contribution in [2.45, 2.75) is 13.5 Å². The van der Waals surface area contributed by atoms with Gasteiger partial charge in [-0.1, -0.05) is 48.0 Å². The van der Waals surface area contributed by atoms with E-state index in [1.54, 1.807) is 12.0 Å². The molecule has 3 aromatic carbocycles. The molecule has 3 aromatic rings. The minimum absolute atomic E-state index is 0.125. The van der Waals surface area contributed by atoms with Gasteiger partial charge in [-0.2, -0.15) is 0 Å². The molecule has 1 N–H and O–H groups in total. The Morgan fingerprint density at radius 3 is 2.45 bits per heavy atom. The number of hydrogen-bond donors (Lipinski definition) is 1. The molecule has 5 nitrogen and oxygen atoms in total. The van der Waals surface area contributed by atoms with Gasteiger partial charge in [0.25, 0.3) is 0 Å². The van der Waals surface area contributed by atoms with Crippen molar-refractivity contribution < 1.29 is 9.53 Å². The molecule has 1 aliphatic rings. The van der Waals surface area contributed by atoms with Crippen molar-refractivity contribution in [2.24, 2.45) is 0 Å². The zero-order valence-electron chi connectivity index (χ0n) is 16.8. The highest BCUT2D eigenvalue weighted by atomic mass is 16.5. The SMILES string of the molecule is COc1ccc2c(c1)N(Cc1ccccc1)CCN2C(=O)Nc1ccc(C)cc1. The van der Waals surface area contributed by atoms with Gasteiger partial charge in [-0.05, 0) is 36.8 Å². The first-order valence-electron chi connectivity index (χ1n) is 9.76. The maximum atomic E-state index is 13.0. The number of benzene rings is 3. The third-order valence-corrected chi connectivity index (χ3v) is 5.17. The number of anilines is 3. The van der Waals surface area contributed by atoms with Crippen LogP contribution in [0.3, 0.4) is 0 Å². The minimum Gasteiger partial charge on any atom is -0.497 e. The Morgan fingerprint density at radius 1 is 0.966 bits per heavy atom. The van der Waals surface area contributed by atoms with E-state index in [-0.39, 0.29) is 6.03 Å². The lowest BCUT2D eigenvalue weighted by molar-refractivity contribution is 0.256. The van der Waals surface area contributed by atoms with E-state index in [1.165, 1.54) is 5.56 Å². The third kappa shape index (κ3) is 4.19. The number of amides is 2. The van der Waals surface area contributed by atoms with Crippen LogP contribution in [0.25, 0.3) is 0 Å². The second-order valence-electron chi connectivity index (χ2n) is 7.21. The van der Waals surface area contributed by atoms with E-state index in [4.69, 9.17) is 4.74 Å². The van der Waals surface area contributed by atoms with E-state index in [0.29, 0.717) is 6.54 Å². The van der Waals surface area contributed by atoms with Crippen LogP contribution in [0.2, 0.25) is 0 Å². The Morgan fingerprint density at radius 2 is 1.72 bits per heavy atom. The molecule has 0 aromatic heterocycles. The Labute approximate surface area is 171 Å². The summed E-state index contributed by atoms with van der Waals surface area (Å²) in [7, 11) is 1.66. The van der Waals surface area contributed by atoms with Crippen molar-refractivity contribution in [1.29, 1.82) is 0 Å². The van der Waals surface area contributed by atoms with Crippen LogP contribution in [0.4, 0.5) is 21.9 Å². The molecule has 148 valence electrons. The van der Waals surface area contributed by atoms with E-state index in [9.17, 15) is 4.79 Å². The number of nitrogens with zero attached hydrogens (tertiary/aromatic N) is 2. The molecule has 0 aliphatic carbocycles. The van der Waals surface area contributed by atoms with Crippen LogP contribution in [-0.2, 0) is 6.54 Å². The van der Waals surface area contributed by atoms with Gasteiger partial charge < -0.3 is 15.0 Å². The molecule has 4 rings (SSSR count). The first-order valence-corrected chi connectivity index (χ1v) is 9.76. The van der Waals surface area contributed by atoms with Crippen LogP contribution in [0.5, 0.6) is 5.75 Å². The summed E-state index contributed by atoms with van der Waals surface area (Å²) in [6.45, 7) is 4.18. The largest absolute Gasteiger partial charge is 0.497 e. The van der Waals surface area contributed by atoms with Crippen molar-refractivity contribution in [1.82, 2.24) is 0 Å². The van der Waals surface area contributed by atoms with Gasteiger partial charge in [-0.15, -0.1) is 0 Å². The summed E-state index contributed by atoms with van der Waals surface area (Å²) in [6, 6.07) is 23.9. The molecular weight excluding hydrogens is 362 g/mol. The van der Waals surface area contributed by atoms with E-state index in [2.05, 4.69) is 22.3 Å². The fourth-order valence-corrected chi connectivity index (χ4v) is 3.58. The van der Waals surface area contributed by atoms with Gasteiger partial charge in [-0.3, -0.25) is 4.90 Å². The molecule has 0 atom stereocenters. The number of hydrogen-bond acceptors (Lipinski definition) is 3. The summed E-state index contributed by atoms with van der Waals surface area (Å²) in [5, 5.41) is 3.01. The van der Waals surface area contributed by atoms with Crippen molar-refractivity contribution in [3.63, 3.8) is 0 Å². The summed E-state index contributed by atoms with van der Waals surface area (Å²) in [4.78, 5) is 17.1. The van der Waals surface area contributed by atoms with Gasteiger partial charge in [-0.25, -0.2) is 4.79 Å². The second kappa shape index (κ2) is 8.27. The van der Waals surface area contributed by atoms with Crippen LogP contribution in [0.1, 0.15) is 11.1 Å². The first kappa shape index (κ1) is 18.9. The van der Waals surface area contributed by atoms with Crippen LogP contribution < -0.4 is 19.9 Å². The maximum absolute atomic E-state index is 13.0. The van der Waals surface area contributed by atoms with Gasteiger partial charge in [0, 0.05) is 31.4 Å². The van der Waals surface area contributed by atoms with Gasteiger partial charge in [0.15, 0.2) is 0 Å². The predicted molar refractivity (Wildman–Crippen MR) is 118 cm³/mol. The minimum atomic E-state index is -0.125. The van der Waals surface area contributed by atoms with E-state index in [0.717, 1.165) is 41.5 Å². The Bertz CT molecular complexity index is 987. The van der Waals surface area contributed by atoms with Gasteiger partial charge in [0.1, 0.15) is 5.75 Å². The zero-order chi connectivity index (χ0) is 20.2. The highest BCUT2D eigenvalue weighted by Gasteiger charge is 2.27. The predicted octanol–water partition coefficient (Wildman–Crippen LogP) is 5.06. The molecule has 5 heteroatoms. The number of carbonyl (C=O) groups is 1. The fraction of sp³-hybridized carbons (Fsp3) is 0.208. The Kier molecular flexibility index (Phi) is 5.38. The third-order valence-electron chi connectivity index (χ3n) is 5.17. The molecule has 0 spiro atoms. The van der Waals surface area contributed by atoms with Crippen molar-refractivity contribution in [3.05, 3.63) is 83.9 Å². The number of carbonyl (C=O) groups excluding carboxylic acids is 1. The first-order chi connectivity index (χ1) is 14.1. The second-order valence-corrected chi connectivity index (χ2v) is 7.21. The standard InChI is InChI=1S/C24H25N3O2/c1-18-8-10-20(11-9-18)25-24(28)27-15-14-26(17-19-6-4-3-5-7-19)23-16-21(29-2)12-13-22(23)27/h3-13,16H,14-15,17H2,1-2H3,(H,25,28). The smallest absolute Gasteiger partial charge is 0.326 e. The number of aryl methyl sites for hydroxylation is 1. The fourth-order valence-electron chi connectivity index (χ4n) is 3.58. The van der Waals surface area contributed by atoms with E-state index >= 15 is 0 Å². The number of urea groups is 1. The molecule has 1 aliphatic heterocycles. The van der Waals surface area contributed by atoms with E-state index in [1.807, 2.05) is 67.6 Å². The zero-order valence-corrected chi connectivity index (χ0v) is 16.8. The van der Waals surface area contributed by atoms with Crippen molar-refractivity contribution >= 4 is 23.1 Å². The van der Waals surface area contributed by atoms with Crippen molar-refractivity contribution in [3.8, 4) is 5.75 Å². The number of methoxy groups -OCH3 is 1. The lowest BCUT2D eigenvalue weighted by Crippen LogP contribution is -2.45. The molecule has 1 heterocycles. The molecular formula is C24H25N3O2. The average Bonchev–Trinajstić information content (AvgIpc) is 2.76. The summed E-state index contributed by atoms with van der Waals surface area (Å²) < 4.78 is 5.44. The quantitative estimate of drug-likeness (QED) is 0.680. The van der Waals surface area contributed by atoms with Crippen molar-refractivity contribution in [2.75, 3.05) is 35.3 Å². The summed E-state index contributed by atoms with van der Waals surface area (Å²) in [6.07, 6.45) is 0. The highest BCUT2D eigenvalue weighted by Crippen LogP contribution is 2.37. The van der Waals surface area contributed by atoms with Gasteiger partial charge in [0.05, 0.1) is 18.5 Å². The number of ether oxygens (including phenoxy) is 1. The van der Waals surface area contributed by atoms with Crippen LogP contribution >= 0.6 is 0 Å². The lowest BCUT2D eigenvalue weighted by atomic mass is 10.1. The highest BCUT2D eigenvalue weighted by molar-refractivity contribution is 6.04. The molecule has 0 fully saturated rings. The normalized spacial score (nSPS) is 13.0. The Hall–Kier alpha value is -3.47. The van der Waals surface area contributed by atoms with Crippen LogP contribution in [0.15, 0.2) is 72.8 Å². The molecule has 29 heavy (non-hydrogen) atoms. The number of rotatable bonds is 4. The average molecular weight is 387 g/mol. The topological polar surface area (TPSA) is 44.8 Å². The maximum Gasteiger partial charge on any atom is 0.326 e. The molecule has 0 unspecified atom stereocenters. The number of fused-ring (bicyclic) bond motifs is 1. The molecule has 0 bridgehead atoms. The summed E-state index contributed by atoms with van der Waals surface area (Å²) >= 11 is 0. The Balaban J connectivity index is 1.60. The summed E-state index contributed by atoms with van der Waals surface area (Å²) in [5.41, 5.74) is 5.08. The van der Waals surface area contributed by atoms with E-state index < -0.39 is 0 Å². The van der Waals surface area contributed by atoms with Gasteiger partial charge >= 0.3 is 6.03 Å².